The van der Waals surface area contributed by atoms with E-state index in [9.17, 15) is 22.4 Å². The first-order valence-corrected chi connectivity index (χ1v) is 14.2. The van der Waals surface area contributed by atoms with Crippen LogP contribution in [0.1, 0.15) is 31.9 Å². The average molecular weight is 636 g/mol. The number of hydrogen-bond acceptors (Lipinski definition) is 8. The lowest BCUT2D eigenvalue weighted by atomic mass is 10.1. The Labute approximate surface area is 228 Å². The molecule has 1 aromatic heterocycles. The number of thiazole rings is 1. The third-order valence-electron chi connectivity index (χ3n) is 4.64. The number of sulfonamides is 1. The van der Waals surface area contributed by atoms with Crippen molar-refractivity contribution in [1.82, 2.24) is 4.98 Å². The summed E-state index contributed by atoms with van der Waals surface area (Å²) in [6, 6.07) is 5.33. The minimum absolute atomic E-state index is 0.0491. The lowest BCUT2D eigenvalue weighted by molar-refractivity contribution is 0.0608. The molecule has 3 aromatic rings. The van der Waals surface area contributed by atoms with Crippen molar-refractivity contribution in [3.63, 3.8) is 0 Å². The number of rotatable bonds is 7. The number of benzene rings is 2. The van der Waals surface area contributed by atoms with Crippen molar-refractivity contribution in [3.05, 3.63) is 69.8 Å². The minimum Gasteiger partial charge on any atom is -0.444 e. The highest BCUT2D eigenvalue weighted by Crippen LogP contribution is 2.31. The van der Waals surface area contributed by atoms with Gasteiger partial charge in [0.15, 0.2) is 10.7 Å². The molecule has 0 atom stereocenters. The van der Waals surface area contributed by atoms with Crippen molar-refractivity contribution in [2.45, 2.75) is 43.2 Å². The van der Waals surface area contributed by atoms with E-state index in [0.717, 1.165) is 11.3 Å². The van der Waals surface area contributed by atoms with Crippen molar-refractivity contribution in [2.75, 3.05) is 9.62 Å². The molecule has 0 bridgehead atoms. The van der Waals surface area contributed by atoms with Crippen molar-refractivity contribution < 1.29 is 40.7 Å². The Balaban J connectivity index is 1.86. The summed E-state index contributed by atoms with van der Waals surface area (Å²) >= 11 is 4.14. The quantitative estimate of drug-likeness (QED) is 0.301. The van der Waals surface area contributed by atoms with E-state index in [1.165, 1.54) is 43.8 Å². The van der Waals surface area contributed by atoms with Gasteiger partial charge >= 0.3 is 12.2 Å². The molecular weight excluding hydrogens is 615 g/mol. The molecule has 9 nitrogen and oxygen atoms in total. The number of alkyl halides is 1. The van der Waals surface area contributed by atoms with Gasteiger partial charge in [0, 0.05) is 22.0 Å². The van der Waals surface area contributed by atoms with Crippen molar-refractivity contribution >= 4 is 61.0 Å². The van der Waals surface area contributed by atoms with Gasteiger partial charge in [-0.25, -0.2) is 36.2 Å². The molecule has 0 unspecified atom stereocenters. The molecule has 2 amide bonds. The fourth-order valence-electron chi connectivity index (χ4n) is 3.08. The highest BCUT2D eigenvalue weighted by atomic mass is 79.9. The maximum absolute atomic E-state index is 15.0. The summed E-state index contributed by atoms with van der Waals surface area (Å²) in [6.07, 6.45) is -2.61. The van der Waals surface area contributed by atoms with Crippen LogP contribution in [-0.4, -0.2) is 31.2 Å². The topological polar surface area (TPSA) is 115 Å². The van der Waals surface area contributed by atoms with Crippen molar-refractivity contribution in [3.8, 4) is 0 Å². The summed E-state index contributed by atoms with van der Waals surface area (Å²) in [6.45, 7) is 3.95. The molecule has 0 aliphatic heterocycles. The second-order valence-corrected chi connectivity index (χ2v) is 11.6. The zero-order chi connectivity index (χ0) is 28.3. The molecule has 1 heterocycles. The Kier molecular flexibility index (Phi) is 9.05. The third-order valence-corrected chi connectivity index (χ3v) is 7.54. The summed E-state index contributed by atoms with van der Waals surface area (Å²) in [5, 5.41) is 3.52. The van der Waals surface area contributed by atoms with E-state index in [0.29, 0.717) is 23.0 Å². The van der Waals surface area contributed by atoms with Gasteiger partial charge in [-0.15, -0.1) is 15.6 Å². The first kappa shape index (κ1) is 29.4. The summed E-state index contributed by atoms with van der Waals surface area (Å²) < 4.78 is 80.6. The number of halogens is 4. The summed E-state index contributed by atoms with van der Waals surface area (Å²) in [7, 11) is -5.20. The van der Waals surface area contributed by atoms with Gasteiger partial charge in [-0.2, -0.15) is 0 Å². The van der Waals surface area contributed by atoms with Gasteiger partial charge in [0.25, 0.3) is 10.0 Å². The number of carbonyl (C=O) groups excluding carboxylic acids is 2. The first-order chi connectivity index (χ1) is 17.7. The molecule has 0 aliphatic carbocycles. The Bertz CT molecular complexity index is 1420. The van der Waals surface area contributed by atoms with Gasteiger partial charge < -0.3 is 9.47 Å². The highest BCUT2D eigenvalue weighted by molar-refractivity contribution is 9.08. The van der Waals surface area contributed by atoms with E-state index in [1.807, 2.05) is 0 Å². The van der Waals surface area contributed by atoms with Gasteiger partial charge in [-0.1, -0.05) is 28.1 Å². The molecule has 2 aromatic carbocycles. The third kappa shape index (κ3) is 6.82. The van der Waals surface area contributed by atoms with Gasteiger partial charge in [0.2, 0.25) is 0 Å². The Morgan fingerprint density at radius 2 is 1.79 bits per heavy atom. The van der Waals surface area contributed by atoms with E-state index in [2.05, 4.69) is 26.2 Å². The Morgan fingerprint density at radius 1 is 1.13 bits per heavy atom. The van der Waals surface area contributed by atoms with Crippen LogP contribution in [0.2, 0.25) is 0 Å². The molecule has 3 rings (SSSR count). The molecule has 15 heteroatoms. The van der Waals surface area contributed by atoms with Crippen LogP contribution in [0.25, 0.3) is 0 Å². The number of ether oxygens (including phenoxy) is 2. The van der Waals surface area contributed by atoms with E-state index in [4.69, 9.17) is 9.47 Å². The molecule has 1 N–H and O–H groups in total. The second kappa shape index (κ2) is 11.7. The molecular formula is C23H21BrF3N3O6S2. The number of nitrogens with one attached hydrogen (secondary N) is 1. The number of aromatic nitrogens is 1. The standard InChI is InChI=1S/C23H21BrF3N3O6S2/c1-23(2,3)36-22(32)30(19-11-37-12-28-19)38(33,34)20-17(26)7-14(8-18(20)27)29-21(31)35-10-15-13(9-24)5-4-6-16(15)25/h4-8,11-12H,9-10H2,1-3H3,(H,29,31). The van der Waals surface area contributed by atoms with Gasteiger partial charge in [0.1, 0.15) is 29.7 Å². The molecule has 0 radical (unpaired) electrons. The van der Waals surface area contributed by atoms with Crippen LogP contribution in [0.4, 0.5) is 34.3 Å². The monoisotopic (exact) mass is 635 g/mol. The Hall–Kier alpha value is -3.17. The molecule has 38 heavy (non-hydrogen) atoms. The van der Waals surface area contributed by atoms with Crippen LogP contribution < -0.4 is 9.62 Å². The largest absolute Gasteiger partial charge is 0.444 e. The molecule has 0 fully saturated rings. The first-order valence-electron chi connectivity index (χ1n) is 10.7. The van der Waals surface area contributed by atoms with Crippen LogP contribution in [0.5, 0.6) is 0 Å². The van der Waals surface area contributed by atoms with E-state index < -0.39 is 68.3 Å². The van der Waals surface area contributed by atoms with Gasteiger partial charge in [-0.3, -0.25) is 5.32 Å². The summed E-state index contributed by atoms with van der Waals surface area (Å²) in [4.78, 5) is 27.2. The number of hydrogen-bond donors (Lipinski definition) is 1. The van der Waals surface area contributed by atoms with Crippen LogP contribution in [-0.2, 0) is 31.4 Å². The number of anilines is 2. The van der Waals surface area contributed by atoms with Crippen LogP contribution in [0.3, 0.4) is 0 Å². The van der Waals surface area contributed by atoms with Gasteiger partial charge in [0.05, 0.1) is 5.51 Å². The zero-order valence-corrected chi connectivity index (χ0v) is 23.3. The molecule has 0 saturated carbocycles. The van der Waals surface area contributed by atoms with Crippen LogP contribution in [0.15, 0.2) is 46.1 Å². The van der Waals surface area contributed by atoms with Crippen molar-refractivity contribution in [1.29, 1.82) is 0 Å². The predicted molar refractivity (Wildman–Crippen MR) is 137 cm³/mol. The van der Waals surface area contributed by atoms with Crippen LogP contribution in [0, 0.1) is 17.5 Å². The van der Waals surface area contributed by atoms with E-state index in [-0.39, 0.29) is 9.87 Å². The lowest BCUT2D eigenvalue weighted by Crippen LogP contribution is -2.41. The molecule has 204 valence electrons. The number of nitrogens with zero attached hydrogens (tertiary/aromatic N) is 2. The maximum atomic E-state index is 15.0. The Morgan fingerprint density at radius 3 is 2.34 bits per heavy atom. The van der Waals surface area contributed by atoms with E-state index in [1.54, 1.807) is 6.07 Å². The lowest BCUT2D eigenvalue weighted by Gasteiger charge is -2.26. The second-order valence-electron chi connectivity index (χ2n) is 8.58. The summed E-state index contributed by atoms with van der Waals surface area (Å²) in [5.41, 5.74) is 0.220. The van der Waals surface area contributed by atoms with Crippen molar-refractivity contribution in [2.24, 2.45) is 0 Å². The number of amides is 2. The smallest absolute Gasteiger partial charge is 0.430 e. The molecule has 0 spiro atoms. The van der Waals surface area contributed by atoms with Crippen LogP contribution >= 0.6 is 27.3 Å². The average Bonchev–Trinajstić information content (AvgIpc) is 3.29. The normalized spacial score (nSPS) is 11.7. The minimum atomic E-state index is -5.20. The molecule has 0 aliphatic rings. The fraction of sp³-hybridized carbons (Fsp3) is 0.261. The summed E-state index contributed by atoms with van der Waals surface area (Å²) in [5.74, 6) is -4.26. The fourth-order valence-corrected chi connectivity index (χ4v) is 5.56. The van der Waals surface area contributed by atoms with Gasteiger partial charge in [-0.05, 0) is 44.5 Å². The zero-order valence-electron chi connectivity index (χ0n) is 20.1. The number of carbonyl (C=O) groups is 2. The maximum Gasteiger partial charge on any atom is 0.430 e. The SMILES string of the molecule is CC(C)(C)OC(=O)N(c1cscn1)S(=O)(=O)c1c(F)cc(NC(=O)OCc2c(F)cccc2CBr)cc1F. The predicted octanol–water partition coefficient (Wildman–Crippen LogP) is 6.33. The van der Waals surface area contributed by atoms with E-state index >= 15 is 8.78 Å². The molecule has 0 saturated heterocycles. The highest BCUT2D eigenvalue weighted by Gasteiger charge is 2.39.